The van der Waals surface area contributed by atoms with Crippen LogP contribution in [0.1, 0.15) is 31.2 Å². The number of likely N-dealkylation sites (tertiary alicyclic amines) is 1. The molecule has 0 spiro atoms. The minimum atomic E-state index is 0.517. The number of hydrogen-bond acceptors (Lipinski definition) is 2. The van der Waals surface area contributed by atoms with Crippen LogP contribution in [0.25, 0.3) is 0 Å². The summed E-state index contributed by atoms with van der Waals surface area (Å²) < 4.78 is 6.44. The second-order valence-corrected chi connectivity index (χ2v) is 7.41. The summed E-state index contributed by atoms with van der Waals surface area (Å²) in [6.45, 7) is 5.90. The van der Waals surface area contributed by atoms with Gasteiger partial charge in [0.1, 0.15) is 0 Å². The first-order valence-corrected chi connectivity index (χ1v) is 9.31. The van der Waals surface area contributed by atoms with Crippen LogP contribution in [0.3, 0.4) is 0 Å². The van der Waals surface area contributed by atoms with E-state index in [1.54, 1.807) is 7.11 Å². The Bertz CT molecular complexity index is 546. The van der Waals surface area contributed by atoms with Crippen LogP contribution >= 0.6 is 15.9 Å². The first-order valence-electron chi connectivity index (χ1n) is 8.51. The quantitative estimate of drug-likeness (QED) is 0.630. The average molecular weight is 380 g/mol. The summed E-state index contributed by atoms with van der Waals surface area (Å²) in [5.74, 6) is 2.32. The van der Waals surface area contributed by atoms with Gasteiger partial charge in [-0.25, -0.2) is 0 Å². The number of hydrogen-bond donors (Lipinski definition) is 1. The van der Waals surface area contributed by atoms with Crippen molar-refractivity contribution in [2.45, 2.75) is 31.7 Å². The van der Waals surface area contributed by atoms with E-state index in [4.69, 9.17) is 9.73 Å². The normalized spacial score (nSPS) is 27.3. The van der Waals surface area contributed by atoms with Crippen LogP contribution in [-0.2, 0) is 4.74 Å². The van der Waals surface area contributed by atoms with E-state index >= 15 is 0 Å². The molecule has 1 N–H and O–H groups in total. The maximum absolute atomic E-state index is 5.30. The average Bonchev–Trinajstić information content (AvgIpc) is 3.15. The Balaban J connectivity index is 1.57. The Kier molecular flexibility index (Phi) is 5.59. The molecule has 4 nitrogen and oxygen atoms in total. The SMILES string of the molecule is CCN=C(NC1CC1c1ccc(Br)cc1)N1CCC(COC)C1. The van der Waals surface area contributed by atoms with E-state index in [-0.39, 0.29) is 0 Å². The lowest BCUT2D eigenvalue weighted by Crippen LogP contribution is -2.42. The van der Waals surface area contributed by atoms with Gasteiger partial charge in [0, 0.05) is 49.1 Å². The Morgan fingerprint density at radius 3 is 2.87 bits per heavy atom. The fourth-order valence-corrected chi connectivity index (χ4v) is 3.65. The van der Waals surface area contributed by atoms with Crippen LogP contribution in [0.15, 0.2) is 33.7 Å². The molecule has 2 aliphatic rings. The van der Waals surface area contributed by atoms with Gasteiger partial charge in [-0.3, -0.25) is 4.99 Å². The van der Waals surface area contributed by atoms with Crippen molar-refractivity contribution in [2.75, 3.05) is 33.4 Å². The summed E-state index contributed by atoms with van der Waals surface area (Å²) in [4.78, 5) is 7.10. The monoisotopic (exact) mass is 379 g/mol. The molecule has 5 heteroatoms. The first kappa shape index (κ1) is 16.8. The highest BCUT2D eigenvalue weighted by atomic mass is 79.9. The van der Waals surface area contributed by atoms with E-state index in [1.165, 1.54) is 18.4 Å². The molecule has 0 aromatic heterocycles. The number of rotatable bonds is 5. The maximum atomic E-state index is 5.30. The summed E-state index contributed by atoms with van der Waals surface area (Å²) in [6, 6.07) is 9.21. The van der Waals surface area contributed by atoms with Crippen molar-refractivity contribution in [2.24, 2.45) is 10.9 Å². The summed E-state index contributed by atoms with van der Waals surface area (Å²) in [7, 11) is 1.79. The summed E-state index contributed by atoms with van der Waals surface area (Å²) >= 11 is 3.50. The molecule has 0 bridgehead atoms. The molecule has 0 amide bonds. The predicted molar refractivity (Wildman–Crippen MR) is 98.0 cm³/mol. The second-order valence-electron chi connectivity index (χ2n) is 6.50. The zero-order valence-corrected chi connectivity index (χ0v) is 15.6. The molecule has 3 unspecified atom stereocenters. The molecule has 0 radical (unpaired) electrons. The van der Waals surface area contributed by atoms with Gasteiger partial charge in [-0.05, 0) is 37.5 Å². The highest BCUT2D eigenvalue weighted by Crippen LogP contribution is 2.41. The molecule has 126 valence electrons. The van der Waals surface area contributed by atoms with Crippen molar-refractivity contribution < 1.29 is 4.74 Å². The van der Waals surface area contributed by atoms with Crippen LogP contribution in [0.4, 0.5) is 0 Å². The molecule has 3 rings (SSSR count). The minimum absolute atomic E-state index is 0.517. The van der Waals surface area contributed by atoms with Crippen molar-refractivity contribution in [3.05, 3.63) is 34.3 Å². The number of methoxy groups -OCH3 is 1. The number of nitrogens with one attached hydrogen (secondary N) is 1. The van der Waals surface area contributed by atoms with E-state index in [0.717, 1.165) is 36.7 Å². The lowest BCUT2D eigenvalue weighted by molar-refractivity contribution is 0.157. The molecule has 3 atom stereocenters. The third-order valence-electron chi connectivity index (χ3n) is 4.70. The number of ether oxygens (including phenoxy) is 1. The molecule has 1 saturated heterocycles. The predicted octanol–water partition coefficient (Wildman–Crippen LogP) is 3.24. The minimum Gasteiger partial charge on any atom is -0.384 e. The van der Waals surface area contributed by atoms with Crippen LogP contribution in [0.2, 0.25) is 0 Å². The lowest BCUT2D eigenvalue weighted by Gasteiger charge is -2.22. The summed E-state index contributed by atoms with van der Waals surface area (Å²) in [5, 5.41) is 3.68. The molecule has 23 heavy (non-hydrogen) atoms. The fraction of sp³-hybridized carbons (Fsp3) is 0.611. The van der Waals surface area contributed by atoms with Crippen LogP contribution in [0.5, 0.6) is 0 Å². The van der Waals surface area contributed by atoms with Crippen LogP contribution in [0, 0.1) is 5.92 Å². The van der Waals surface area contributed by atoms with E-state index in [2.05, 4.69) is 57.3 Å². The number of benzene rings is 1. The van der Waals surface area contributed by atoms with E-state index < -0.39 is 0 Å². The highest BCUT2D eigenvalue weighted by molar-refractivity contribution is 9.10. The van der Waals surface area contributed by atoms with Gasteiger partial charge in [0.2, 0.25) is 0 Å². The number of guanidine groups is 1. The topological polar surface area (TPSA) is 36.9 Å². The zero-order valence-electron chi connectivity index (χ0n) is 14.0. The molecule has 1 heterocycles. The number of halogens is 1. The Morgan fingerprint density at radius 1 is 1.39 bits per heavy atom. The fourth-order valence-electron chi connectivity index (χ4n) is 3.38. The first-order chi connectivity index (χ1) is 11.2. The molecule has 1 aromatic carbocycles. The van der Waals surface area contributed by atoms with Gasteiger partial charge in [0.05, 0.1) is 6.61 Å². The van der Waals surface area contributed by atoms with E-state index in [1.807, 2.05) is 0 Å². The maximum Gasteiger partial charge on any atom is 0.194 e. The van der Waals surface area contributed by atoms with Gasteiger partial charge in [-0.2, -0.15) is 0 Å². The summed E-state index contributed by atoms with van der Waals surface area (Å²) in [5.41, 5.74) is 1.42. The molecule has 1 aliphatic carbocycles. The second kappa shape index (κ2) is 7.67. The molecular formula is C18H26BrN3O. The number of nitrogens with zero attached hydrogens (tertiary/aromatic N) is 2. The van der Waals surface area contributed by atoms with Gasteiger partial charge in [-0.1, -0.05) is 28.1 Å². The van der Waals surface area contributed by atoms with Crippen molar-refractivity contribution in [1.82, 2.24) is 10.2 Å². The smallest absolute Gasteiger partial charge is 0.194 e. The van der Waals surface area contributed by atoms with Crippen molar-refractivity contribution in [3.63, 3.8) is 0 Å². The molecule has 1 saturated carbocycles. The standard InChI is InChI=1S/C18H26BrN3O/c1-3-20-18(22-9-8-13(11-22)12-23-2)21-17-10-16(17)14-4-6-15(19)7-5-14/h4-7,13,16-17H,3,8-12H2,1-2H3,(H,20,21). The molecule has 2 fully saturated rings. The highest BCUT2D eigenvalue weighted by Gasteiger charge is 2.40. The number of aliphatic imine (C=N–C) groups is 1. The van der Waals surface area contributed by atoms with E-state index in [0.29, 0.717) is 17.9 Å². The lowest BCUT2D eigenvalue weighted by atomic mass is 10.1. The van der Waals surface area contributed by atoms with Gasteiger partial charge >= 0.3 is 0 Å². The van der Waals surface area contributed by atoms with Gasteiger partial charge in [0.15, 0.2) is 5.96 Å². The van der Waals surface area contributed by atoms with Gasteiger partial charge < -0.3 is 15.0 Å². The third-order valence-corrected chi connectivity index (χ3v) is 5.23. The Hall–Kier alpha value is -1.07. The van der Waals surface area contributed by atoms with Crippen molar-refractivity contribution in [3.8, 4) is 0 Å². The Morgan fingerprint density at radius 2 is 2.17 bits per heavy atom. The zero-order chi connectivity index (χ0) is 16.2. The largest absolute Gasteiger partial charge is 0.384 e. The van der Waals surface area contributed by atoms with E-state index in [9.17, 15) is 0 Å². The molecule has 1 aromatic rings. The summed E-state index contributed by atoms with van der Waals surface area (Å²) in [6.07, 6.45) is 2.39. The van der Waals surface area contributed by atoms with Gasteiger partial charge in [0.25, 0.3) is 0 Å². The van der Waals surface area contributed by atoms with Crippen molar-refractivity contribution >= 4 is 21.9 Å². The Labute approximate surface area is 147 Å². The molecule has 1 aliphatic heterocycles. The van der Waals surface area contributed by atoms with Crippen molar-refractivity contribution in [1.29, 1.82) is 0 Å². The van der Waals surface area contributed by atoms with Gasteiger partial charge in [-0.15, -0.1) is 0 Å². The third kappa shape index (κ3) is 4.27. The molecular weight excluding hydrogens is 354 g/mol. The van der Waals surface area contributed by atoms with Crippen LogP contribution < -0.4 is 5.32 Å². The van der Waals surface area contributed by atoms with Crippen LogP contribution in [-0.4, -0.2) is 50.3 Å².